The number of likely N-dealkylation sites (N-methyl/N-ethyl adjacent to an activating group) is 1. The van der Waals surface area contributed by atoms with E-state index in [9.17, 15) is 9.18 Å². The molecule has 9 heteroatoms. The lowest BCUT2D eigenvalue weighted by Gasteiger charge is -2.43. The summed E-state index contributed by atoms with van der Waals surface area (Å²) < 4.78 is 27.6. The summed E-state index contributed by atoms with van der Waals surface area (Å²) in [6, 6.07) is 5.96. The molecule has 1 atom stereocenters. The molecule has 0 aliphatic carbocycles. The Bertz CT molecular complexity index is 929. The molecule has 0 N–H and O–H groups in total. The van der Waals surface area contributed by atoms with Crippen LogP contribution >= 0.6 is 0 Å². The van der Waals surface area contributed by atoms with Crippen LogP contribution in [0.4, 0.5) is 4.39 Å². The molecule has 186 valence electrons. The van der Waals surface area contributed by atoms with E-state index in [0.717, 1.165) is 57.8 Å². The quantitative estimate of drug-likeness (QED) is 0.557. The standard InChI is InChI=1S/C25H36FN5O3/c1-3-8-31-18-21(16-27-31)17-29-13-14-34-25(19-29,20-33-23-6-4-22(26)5-7-23)15-24(32)30-11-9-28(2)10-12-30/h4-7,16,18H,3,8-15,17,19-20H2,1-2H3/t25-/m1/s1. The van der Waals surface area contributed by atoms with Crippen molar-refractivity contribution in [2.24, 2.45) is 0 Å². The van der Waals surface area contributed by atoms with Crippen LogP contribution in [-0.2, 0) is 22.6 Å². The zero-order valence-corrected chi connectivity index (χ0v) is 20.3. The van der Waals surface area contributed by atoms with E-state index in [4.69, 9.17) is 9.47 Å². The van der Waals surface area contributed by atoms with Crippen LogP contribution < -0.4 is 4.74 Å². The van der Waals surface area contributed by atoms with Crippen molar-refractivity contribution < 1.29 is 18.7 Å². The lowest BCUT2D eigenvalue weighted by Crippen LogP contribution is -2.58. The Hall–Kier alpha value is -2.49. The van der Waals surface area contributed by atoms with Gasteiger partial charge in [-0.3, -0.25) is 14.4 Å². The molecule has 2 aliphatic rings. The zero-order valence-electron chi connectivity index (χ0n) is 20.3. The van der Waals surface area contributed by atoms with Gasteiger partial charge >= 0.3 is 0 Å². The monoisotopic (exact) mass is 473 g/mol. The molecule has 0 unspecified atom stereocenters. The van der Waals surface area contributed by atoms with Crippen molar-refractivity contribution in [3.8, 4) is 5.75 Å². The Balaban J connectivity index is 1.45. The van der Waals surface area contributed by atoms with Crippen molar-refractivity contribution in [2.45, 2.75) is 38.5 Å². The number of hydrogen-bond acceptors (Lipinski definition) is 6. The highest BCUT2D eigenvalue weighted by molar-refractivity contribution is 5.77. The van der Waals surface area contributed by atoms with Crippen LogP contribution in [0, 0.1) is 5.82 Å². The molecule has 34 heavy (non-hydrogen) atoms. The van der Waals surface area contributed by atoms with Crippen molar-refractivity contribution in [1.82, 2.24) is 24.5 Å². The minimum atomic E-state index is -0.771. The van der Waals surface area contributed by atoms with Crippen LogP contribution in [0.2, 0.25) is 0 Å². The van der Waals surface area contributed by atoms with Crippen molar-refractivity contribution in [3.05, 3.63) is 48.0 Å². The fourth-order valence-corrected chi connectivity index (χ4v) is 4.59. The number of carbonyl (C=O) groups excluding carboxylic acids is 1. The molecule has 2 aliphatic heterocycles. The predicted octanol–water partition coefficient (Wildman–Crippen LogP) is 2.25. The maximum absolute atomic E-state index is 13.3. The van der Waals surface area contributed by atoms with E-state index < -0.39 is 5.60 Å². The van der Waals surface area contributed by atoms with E-state index >= 15 is 0 Å². The van der Waals surface area contributed by atoms with E-state index in [1.807, 2.05) is 15.8 Å². The van der Waals surface area contributed by atoms with Crippen molar-refractivity contribution in [3.63, 3.8) is 0 Å². The molecular weight excluding hydrogens is 437 g/mol. The molecule has 0 radical (unpaired) electrons. The molecular formula is C25H36FN5O3. The molecule has 4 rings (SSSR count). The van der Waals surface area contributed by atoms with Gasteiger partial charge in [-0.25, -0.2) is 4.39 Å². The van der Waals surface area contributed by atoms with E-state index in [-0.39, 0.29) is 24.8 Å². The zero-order chi connectivity index (χ0) is 24.0. The van der Waals surface area contributed by atoms with Crippen LogP contribution in [0.5, 0.6) is 5.75 Å². The second kappa shape index (κ2) is 11.3. The fraction of sp³-hybridized carbons (Fsp3) is 0.600. The molecule has 0 bridgehead atoms. The highest BCUT2D eigenvalue weighted by Gasteiger charge is 2.41. The van der Waals surface area contributed by atoms with Crippen LogP contribution in [0.3, 0.4) is 0 Å². The molecule has 1 aromatic carbocycles. The largest absolute Gasteiger partial charge is 0.491 e. The molecule has 2 aromatic rings. The SMILES string of the molecule is CCCn1cc(CN2CCO[C@](COc3ccc(F)cc3)(CC(=O)N3CCN(C)CC3)C2)cn1. The van der Waals surface area contributed by atoms with Crippen molar-refractivity contribution >= 4 is 5.91 Å². The smallest absolute Gasteiger partial charge is 0.225 e. The summed E-state index contributed by atoms with van der Waals surface area (Å²) in [5.74, 6) is 0.346. The van der Waals surface area contributed by atoms with Crippen molar-refractivity contribution in [1.29, 1.82) is 0 Å². The predicted molar refractivity (Wildman–Crippen MR) is 127 cm³/mol. The van der Waals surface area contributed by atoms with Gasteiger partial charge in [0.05, 0.1) is 19.2 Å². The average Bonchev–Trinajstić information content (AvgIpc) is 3.26. The summed E-state index contributed by atoms with van der Waals surface area (Å²) in [6.07, 6.45) is 5.29. The first kappa shape index (κ1) is 24.6. The van der Waals surface area contributed by atoms with Gasteiger partial charge in [0.1, 0.15) is 23.8 Å². The number of carbonyl (C=O) groups is 1. The molecule has 2 fully saturated rings. The Morgan fingerprint density at radius 2 is 1.94 bits per heavy atom. The lowest BCUT2D eigenvalue weighted by atomic mass is 9.96. The third kappa shape index (κ3) is 6.55. The molecule has 2 saturated heterocycles. The first-order valence-corrected chi connectivity index (χ1v) is 12.2. The summed E-state index contributed by atoms with van der Waals surface area (Å²) in [4.78, 5) is 19.7. The van der Waals surface area contributed by atoms with E-state index in [2.05, 4.69) is 35.1 Å². The van der Waals surface area contributed by atoms with Gasteiger partial charge in [-0.1, -0.05) is 6.92 Å². The minimum Gasteiger partial charge on any atom is -0.491 e. The maximum Gasteiger partial charge on any atom is 0.225 e. The summed E-state index contributed by atoms with van der Waals surface area (Å²) >= 11 is 0. The second-order valence-electron chi connectivity index (χ2n) is 9.46. The van der Waals surface area contributed by atoms with Crippen LogP contribution in [0.15, 0.2) is 36.7 Å². The van der Waals surface area contributed by atoms with E-state index in [0.29, 0.717) is 18.9 Å². The summed E-state index contributed by atoms with van der Waals surface area (Å²) in [5.41, 5.74) is 0.376. The van der Waals surface area contributed by atoms with Gasteiger partial charge in [-0.05, 0) is 37.7 Å². The number of hydrogen-bond donors (Lipinski definition) is 0. The summed E-state index contributed by atoms with van der Waals surface area (Å²) in [6.45, 7) is 9.08. The first-order chi connectivity index (χ1) is 16.4. The number of aromatic nitrogens is 2. The van der Waals surface area contributed by atoms with Gasteiger partial charge in [-0.2, -0.15) is 5.10 Å². The number of morpholine rings is 1. The summed E-state index contributed by atoms with van der Waals surface area (Å²) in [7, 11) is 2.07. The van der Waals surface area contributed by atoms with E-state index in [1.54, 1.807) is 12.1 Å². The lowest BCUT2D eigenvalue weighted by molar-refractivity contribution is -0.157. The second-order valence-corrected chi connectivity index (χ2v) is 9.46. The molecule has 3 heterocycles. The minimum absolute atomic E-state index is 0.0911. The van der Waals surface area contributed by atoms with Gasteiger partial charge in [0, 0.05) is 64.1 Å². The number of aryl methyl sites for hydroxylation is 1. The number of amides is 1. The summed E-state index contributed by atoms with van der Waals surface area (Å²) in [5, 5.41) is 4.45. The van der Waals surface area contributed by atoms with E-state index in [1.165, 1.54) is 12.1 Å². The molecule has 0 spiro atoms. The van der Waals surface area contributed by atoms with Crippen LogP contribution in [0.1, 0.15) is 25.3 Å². The Morgan fingerprint density at radius 3 is 2.68 bits per heavy atom. The molecule has 8 nitrogen and oxygen atoms in total. The number of ether oxygens (including phenoxy) is 2. The Morgan fingerprint density at radius 1 is 1.18 bits per heavy atom. The number of benzene rings is 1. The van der Waals surface area contributed by atoms with Gasteiger partial charge in [0.2, 0.25) is 5.91 Å². The number of halogens is 1. The molecule has 1 aromatic heterocycles. The number of nitrogens with zero attached hydrogens (tertiary/aromatic N) is 5. The van der Waals surface area contributed by atoms with Gasteiger partial charge in [-0.15, -0.1) is 0 Å². The normalized spacial score (nSPS) is 22.1. The Labute approximate surface area is 201 Å². The maximum atomic E-state index is 13.3. The molecule has 0 saturated carbocycles. The Kier molecular flexibility index (Phi) is 8.18. The highest BCUT2D eigenvalue weighted by atomic mass is 19.1. The first-order valence-electron chi connectivity index (χ1n) is 12.2. The fourth-order valence-electron chi connectivity index (χ4n) is 4.59. The van der Waals surface area contributed by atoms with Crippen molar-refractivity contribution in [2.75, 3.05) is 59.5 Å². The molecule has 1 amide bonds. The number of piperazine rings is 1. The third-order valence-electron chi connectivity index (χ3n) is 6.52. The van der Waals surface area contributed by atoms with Crippen LogP contribution in [0.25, 0.3) is 0 Å². The van der Waals surface area contributed by atoms with Gasteiger partial charge in [0.15, 0.2) is 0 Å². The van der Waals surface area contributed by atoms with Crippen LogP contribution in [-0.4, -0.2) is 95.5 Å². The third-order valence-corrected chi connectivity index (χ3v) is 6.52. The van der Waals surface area contributed by atoms with Gasteiger partial charge < -0.3 is 19.3 Å². The highest BCUT2D eigenvalue weighted by Crippen LogP contribution is 2.27. The average molecular weight is 474 g/mol. The van der Waals surface area contributed by atoms with Gasteiger partial charge in [0.25, 0.3) is 0 Å². The topological polar surface area (TPSA) is 63.1 Å². The number of rotatable bonds is 9.